The zero-order valence-electron chi connectivity index (χ0n) is 11.2. The first-order valence-corrected chi connectivity index (χ1v) is 6.23. The fraction of sp³-hybridized carbons (Fsp3) is 0.538. The highest BCUT2D eigenvalue weighted by atomic mass is 16.2. The topological polar surface area (TPSA) is 71.6 Å². The molecule has 2 heterocycles. The van der Waals surface area contributed by atoms with Crippen molar-refractivity contribution < 1.29 is 4.79 Å². The quantitative estimate of drug-likeness (QED) is 0.785. The molecule has 0 radical (unpaired) electrons. The average molecular weight is 259 g/mol. The minimum atomic E-state index is -0.345. The summed E-state index contributed by atoms with van der Waals surface area (Å²) in [5, 5.41) is 15.0. The Hall–Kier alpha value is -2.16. The Balaban J connectivity index is 1.79. The Bertz CT molecular complexity index is 546. The largest absolute Gasteiger partial charge is 0.351 e. The molecule has 1 aliphatic heterocycles. The SMILES string of the molecule is C#CCCC1(CCNC(=O)c2cc(C)nn2C)N=N1. The number of aromatic nitrogens is 2. The van der Waals surface area contributed by atoms with E-state index in [1.165, 1.54) is 0 Å². The van der Waals surface area contributed by atoms with Crippen LogP contribution >= 0.6 is 0 Å². The van der Waals surface area contributed by atoms with E-state index >= 15 is 0 Å². The number of carbonyl (C=O) groups is 1. The molecule has 1 aromatic heterocycles. The summed E-state index contributed by atoms with van der Waals surface area (Å²) in [4.78, 5) is 11.9. The van der Waals surface area contributed by atoms with E-state index < -0.39 is 0 Å². The van der Waals surface area contributed by atoms with Crippen LogP contribution in [-0.4, -0.2) is 27.9 Å². The van der Waals surface area contributed by atoms with Gasteiger partial charge in [0.05, 0.1) is 5.69 Å². The maximum atomic E-state index is 11.9. The maximum absolute atomic E-state index is 11.9. The second kappa shape index (κ2) is 5.22. The van der Waals surface area contributed by atoms with Crippen LogP contribution in [0.25, 0.3) is 0 Å². The summed E-state index contributed by atoms with van der Waals surface area (Å²) in [5.41, 5.74) is 1.03. The number of terminal acetylenes is 1. The van der Waals surface area contributed by atoms with Gasteiger partial charge in [-0.3, -0.25) is 9.48 Å². The molecule has 6 heteroatoms. The van der Waals surface area contributed by atoms with Gasteiger partial charge in [-0.2, -0.15) is 15.3 Å². The maximum Gasteiger partial charge on any atom is 0.269 e. The van der Waals surface area contributed by atoms with Crippen LogP contribution in [0.3, 0.4) is 0 Å². The summed E-state index contributed by atoms with van der Waals surface area (Å²) in [6.45, 7) is 2.38. The molecule has 0 spiro atoms. The molecule has 1 aromatic rings. The number of aryl methyl sites for hydroxylation is 2. The van der Waals surface area contributed by atoms with Gasteiger partial charge in [-0.15, -0.1) is 12.3 Å². The number of hydrogen-bond acceptors (Lipinski definition) is 4. The minimum Gasteiger partial charge on any atom is -0.351 e. The van der Waals surface area contributed by atoms with Crippen LogP contribution in [0.2, 0.25) is 0 Å². The third-order valence-electron chi connectivity index (χ3n) is 3.10. The molecule has 100 valence electrons. The van der Waals surface area contributed by atoms with E-state index in [0.29, 0.717) is 25.1 Å². The molecule has 1 aliphatic rings. The molecule has 6 nitrogen and oxygen atoms in total. The molecule has 0 atom stereocenters. The van der Waals surface area contributed by atoms with E-state index in [9.17, 15) is 4.79 Å². The number of carbonyl (C=O) groups excluding carboxylic acids is 1. The van der Waals surface area contributed by atoms with Gasteiger partial charge in [0.15, 0.2) is 5.66 Å². The molecule has 0 saturated carbocycles. The van der Waals surface area contributed by atoms with Crippen molar-refractivity contribution in [3.63, 3.8) is 0 Å². The second-order valence-corrected chi connectivity index (χ2v) is 4.69. The van der Waals surface area contributed by atoms with Crippen LogP contribution in [-0.2, 0) is 7.05 Å². The van der Waals surface area contributed by atoms with Gasteiger partial charge >= 0.3 is 0 Å². The van der Waals surface area contributed by atoms with Gasteiger partial charge < -0.3 is 5.32 Å². The van der Waals surface area contributed by atoms with Crippen molar-refractivity contribution in [2.75, 3.05) is 6.54 Å². The number of rotatable bonds is 6. The van der Waals surface area contributed by atoms with E-state index in [-0.39, 0.29) is 11.6 Å². The van der Waals surface area contributed by atoms with Crippen molar-refractivity contribution in [3.05, 3.63) is 17.5 Å². The molecule has 1 amide bonds. The van der Waals surface area contributed by atoms with E-state index in [1.54, 1.807) is 17.8 Å². The van der Waals surface area contributed by atoms with Crippen LogP contribution in [0.5, 0.6) is 0 Å². The summed E-state index contributed by atoms with van der Waals surface area (Å²) >= 11 is 0. The summed E-state index contributed by atoms with van der Waals surface area (Å²) in [6, 6.07) is 1.76. The monoisotopic (exact) mass is 259 g/mol. The zero-order valence-corrected chi connectivity index (χ0v) is 11.2. The number of nitrogens with zero attached hydrogens (tertiary/aromatic N) is 4. The zero-order chi connectivity index (χ0) is 13.9. The van der Waals surface area contributed by atoms with Gasteiger partial charge in [0.25, 0.3) is 5.91 Å². The highest BCUT2D eigenvalue weighted by molar-refractivity contribution is 5.92. The molecule has 19 heavy (non-hydrogen) atoms. The van der Waals surface area contributed by atoms with Crippen molar-refractivity contribution in [3.8, 4) is 12.3 Å². The third kappa shape index (κ3) is 3.19. The first kappa shape index (κ1) is 13.3. The van der Waals surface area contributed by atoms with Crippen molar-refractivity contribution >= 4 is 5.91 Å². The van der Waals surface area contributed by atoms with E-state index in [0.717, 1.165) is 12.1 Å². The highest BCUT2D eigenvalue weighted by Gasteiger charge is 2.38. The summed E-state index contributed by atoms with van der Waals surface area (Å²) in [6.07, 6.45) is 7.32. The van der Waals surface area contributed by atoms with Gasteiger partial charge in [-0.25, -0.2) is 0 Å². The molecule has 2 rings (SSSR count). The fourth-order valence-electron chi connectivity index (χ4n) is 1.96. The predicted octanol–water partition coefficient (Wildman–Crippen LogP) is 1.42. The predicted molar refractivity (Wildman–Crippen MR) is 70.5 cm³/mol. The lowest BCUT2D eigenvalue weighted by molar-refractivity contribution is 0.0942. The molecule has 0 unspecified atom stereocenters. The van der Waals surface area contributed by atoms with E-state index in [4.69, 9.17) is 6.42 Å². The Morgan fingerprint density at radius 1 is 1.53 bits per heavy atom. The van der Waals surface area contributed by atoms with Gasteiger partial charge in [0.2, 0.25) is 0 Å². The van der Waals surface area contributed by atoms with Crippen molar-refractivity contribution in [2.45, 2.75) is 31.8 Å². The molecule has 0 fully saturated rings. The lowest BCUT2D eigenvalue weighted by atomic mass is 10.0. The lowest BCUT2D eigenvalue weighted by Crippen LogP contribution is -2.29. The van der Waals surface area contributed by atoms with Gasteiger partial charge in [0, 0.05) is 32.9 Å². The number of amides is 1. The molecule has 1 N–H and O–H groups in total. The molecular weight excluding hydrogens is 242 g/mol. The van der Waals surface area contributed by atoms with Crippen molar-refractivity contribution in [1.29, 1.82) is 0 Å². The molecule has 0 saturated heterocycles. The lowest BCUT2D eigenvalue weighted by Gasteiger charge is -2.09. The number of nitrogens with one attached hydrogen (secondary N) is 1. The first-order valence-electron chi connectivity index (χ1n) is 6.23. The second-order valence-electron chi connectivity index (χ2n) is 4.69. The smallest absolute Gasteiger partial charge is 0.269 e. The van der Waals surface area contributed by atoms with Crippen LogP contribution in [0.4, 0.5) is 0 Å². The summed E-state index contributed by atoms with van der Waals surface area (Å²) < 4.78 is 1.57. The third-order valence-corrected chi connectivity index (χ3v) is 3.10. The van der Waals surface area contributed by atoms with E-state index in [1.807, 2.05) is 6.92 Å². The van der Waals surface area contributed by atoms with Gasteiger partial charge in [0.1, 0.15) is 5.69 Å². The van der Waals surface area contributed by atoms with Crippen LogP contribution in [0.1, 0.15) is 35.4 Å². The number of hydrogen-bond donors (Lipinski definition) is 1. The first-order chi connectivity index (χ1) is 9.06. The Kier molecular flexibility index (Phi) is 3.65. The average Bonchev–Trinajstić information content (AvgIpc) is 3.05. The van der Waals surface area contributed by atoms with E-state index in [2.05, 4.69) is 26.6 Å². The molecule has 0 aliphatic carbocycles. The fourth-order valence-corrected chi connectivity index (χ4v) is 1.96. The van der Waals surface area contributed by atoms with Crippen molar-refractivity contribution in [2.24, 2.45) is 17.3 Å². The van der Waals surface area contributed by atoms with Crippen LogP contribution in [0, 0.1) is 19.3 Å². The Labute approximate surface area is 112 Å². The van der Waals surface area contributed by atoms with Gasteiger partial charge in [-0.1, -0.05) is 0 Å². The van der Waals surface area contributed by atoms with Crippen molar-refractivity contribution in [1.82, 2.24) is 15.1 Å². The normalized spacial score (nSPS) is 15.0. The van der Waals surface area contributed by atoms with Crippen LogP contribution in [0.15, 0.2) is 16.3 Å². The summed E-state index contributed by atoms with van der Waals surface area (Å²) in [7, 11) is 1.75. The minimum absolute atomic E-state index is 0.129. The van der Waals surface area contributed by atoms with Gasteiger partial charge in [-0.05, 0) is 13.0 Å². The van der Waals surface area contributed by atoms with Crippen LogP contribution < -0.4 is 5.32 Å². The molecule has 0 aromatic carbocycles. The molecule has 0 bridgehead atoms. The molecular formula is C13H17N5O. The highest BCUT2D eigenvalue weighted by Crippen LogP contribution is 2.35. The Morgan fingerprint density at radius 2 is 2.26 bits per heavy atom. The standard InChI is InChI=1S/C13H17N5O/c1-4-5-6-13(16-17-13)7-8-14-12(19)11-9-10(2)15-18(11)3/h1,9H,5-8H2,2-3H3,(H,14,19). The Morgan fingerprint density at radius 3 is 2.79 bits per heavy atom. The summed E-state index contributed by atoms with van der Waals surface area (Å²) in [5.74, 6) is 2.45.